The van der Waals surface area contributed by atoms with E-state index in [1.807, 2.05) is 38.1 Å². The van der Waals surface area contributed by atoms with Crippen LogP contribution in [0.2, 0.25) is 0 Å². The fraction of sp³-hybridized carbons (Fsp3) is 0.654. The zero-order valence-corrected chi connectivity index (χ0v) is 21.3. The third kappa shape index (κ3) is 5.22. The number of anilines is 1. The van der Waals surface area contributed by atoms with E-state index in [4.69, 9.17) is 10.5 Å². The van der Waals surface area contributed by atoms with Gasteiger partial charge in [0.2, 0.25) is 5.91 Å². The average molecular weight is 486 g/mol. The Kier molecular flexibility index (Phi) is 7.78. The number of nitrogens with zero attached hydrogens (tertiary/aromatic N) is 3. The molecule has 3 heterocycles. The van der Waals surface area contributed by atoms with Gasteiger partial charge in [0, 0.05) is 50.0 Å². The summed E-state index contributed by atoms with van der Waals surface area (Å²) >= 11 is 0. The number of ether oxygens (including phenoxy) is 1. The molecule has 192 valence electrons. The zero-order chi connectivity index (χ0) is 25.3. The summed E-state index contributed by atoms with van der Waals surface area (Å²) in [6, 6.07) is 6.32. The second-order valence-electron chi connectivity index (χ2n) is 10.3. The number of carbonyl (C=O) groups is 3. The molecule has 0 aliphatic carbocycles. The second kappa shape index (κ2) is 10.6. The van der Waals surface area contributed by atoms with Gasteiger partial charge in [0.25, 0.3) is 5.91 Å². The molecule has 0 spiro atoms. The Morgan fingerprint density at radius 1 is 1.11 bits per heavy atom. The number of hydrogen-bond donors (Lipinski definition) is 2. The van der Waals surface area contributed by atoms with Gasteiger partial charge in [-0.05, 0) is 44.0 Å². The molecule has 9 nitrogen and oxygen atoms in total. The van der Waals surface area contributed by atoms with Gasteiger partial charge in [-0.2, -0.15) is 0 Å². The van der Waals surface area contributed by atoms with Crippen LogP contribution in [0, 0.1) is 5.92 Å². The van der Waals surface area contributed by atoms with Crippen LogP contribution in [0.15, 0.2) is 24.3 Å². The number of rotatable bonds is 7. The number of nitrogens with two attached hydrogens (primary N) is 1. The van der Waals surface area contributed by atoms with E-state index in [9.17, 15) is 14.4 Å². The lowest BCUT2D eigenvalue weighted by atomic mass is 9.96. The van der Waals surface area contributed by atoms with E-state index < -0.39 is 24.2 Å². The fourth-order valence-corrected chi connectivity index (χ4v) is 5.33. The quantitative estimate of drug-likeness (QED) is 0.590. The minimum atomic E-state index is -0.740. The van der Waals surface area contributed by atoms with Crippen LogP contribution in [0.4, 0.5) is 5.69 Å². The maximum atomic E-state index is 13.5. The average Bonchev–Trinajstić information content (AvgIpc) is 3.41. The fourth-order valence-electron chi connectivity index (χ4n) is 5.33. The number of carbonyl (C=O) groups excluding carboxylic acids is 3. The first-order valence-corrected chi connectivity index (χ1v) is 12.8. The molecular weight excluding hydrogens is 446 g/mol. The van der Waals surface area contributed by atoms with Crippen molar-refractivity contribution < 1.29 is 19.1 Å². The molecule has 3 aliphatic heterocycles. The largest absolute Gasteiger partial charge is 0.369 e. The molecular formula is C26H39N5O4. The SMILES string of the molecule is CC[C@H](C)[C@H](NC(=O)c1ccc(N2CCN(C(C)C)CC2)cc1)C(=O)N1C[C@@H](N)[C@H]2OCC(=O)[C@H]21. The minimum absolute atomic E-state index is 0.0218. The molecule has 5 atom stereocenters. The van der Waals surface area contributed by atoms with Crippen LogP contribution in [0.25, 0.3) is 0 Å². The zero-order valence-electron chi connectivity index (χ0n) is 21.3. The molecule has 0 aromatic heterocycles. The second-order valence-corrected chi connectivity index (χ2v) is 10.3. The maximum absolute atomic E-state index is 13.5. The van der Waals surface area contributed by atoms with Gasteiger partial charge in [-0.1, -0.05) is 20.3 Å². The molecule has 0 bridgehead atoms. The van der Waals surface area contributed by atoms with Gasteiger partial charge in [-0.15, -0.1) is 0 Å². The molecule has 3 aliphatic rings. The van der Waals surface area contributed by atoms with Crippen molar-refractivity contribution in [2.45, 2.75) is 64.4 Å². The Hall–Kier alpha value is -2.49. The number of likely N-dealkylation sites (tertiary alicyclic amines) is 1. The highest BCUT2D eigenvalue weighted by Gasteiger charge is 2.52. The Labute approximate surface area is 207 Å². The number of amides is 2. The third-order valence-corrected chi connectivity index (χ3v) is 7.81. The molecule has 3 saturated heterocycles. The van der Waals surface area contributed by atoms with E-state index >= 15 is 0 Å². The minimum Gasteiger partial charge on any atom is -0.369 e. The summed E-state index contributed by atoms with van der Waals surface area (Å²) in [6.07, 6.45) is 0.242. The van der Waals surface area contributed by atoms with Crippen molar-refractivity contribution in [3.63, 3.8) is 0 Å². The summed E-state index contributed by atoms with van der Waals surface area (Å²) in [5, 5.41) is 2.94. The number of fused-ring (bicyclic) bond motifs is 1. The van der Waals surface area contributed by atoms with Crippen molar-refractivity contribution >= 4 is 23.3 Å². The summed E-state index contributed by atoms with van der Waals surface area (Å²) in [4.78, 5) is 45.3. The molecule has 9 heteroatoms. The van der Waals surface area contributed by atoms with Crippen LogP contribution < -0.4 is 16.0 Å². The van der Waals surface area contributed by atoms with Crippen molar-refractivity contribution in [2.24, 2.45) is 11.7 Å². The molecule has 4 rings (SSSR count). The lowest BCUT2D eigenvalue weighted by Gasteiger charge is -2.38. The summed E-state index contributed by atoms with van der Waals surface area (Å²) in [7, 11) is 0. The van der Waals surface area contributed by atoms with Crippen molar-refractivity contribution in [1.29, 1.82) is 0 Å². The van der Waals surface area contributed by atoms with Crippen molar-refractivity contribution in [1.82, 2.24) is 15.1 Å². The molecule has 0 unspecified atom stereocenters. The summed E-state index contributed by atoms with van der Waals surface area (Å²) in [6.45, 7) is 12.5. The Balaban J connectivity index is 1.42. The van der Waals surface area contributed by atoms with Crippen LogP contribution in [0.3, 0.4) is 0 Å². The van der Waals surface area contributed by atoms with Crippen LogP contribution in [-0.2, 0) is 14.3 Å². The van der Waals surface area contributed by atoms with Gasteiger partial charge in [0.15, 0.2) is 5.78 Å². The molecule has 3 fully saturated rings. The molecule has 1 aromatic rings. The van der Waals surface area contributed by atoms with Crippen molar-refractivity contribution in [3.8, 4) is 0 Å². The van der Waals surface area contributed by atoms with E-state index in [0.717, 1.165) is 31.9 Å². The van der Waals surface area contributed by atoms with Gasteiger partial charge < -0.3 is 25.6 Å². The number of nitrogens with one attached hydrogen (secondary N) is 1. The normalized spacial score (nSPS) is 26.7. The van der Waals surface area contributed by atoms with E-state index in [2.05, 4.69) is 29.0 Å². The summed E-state index contributed by atoms with van der Waals surface area (Å²) in [5.41, 5.74) is 7.74. The van der Waals surface area contributed by atoms with E-state index in [-0.39, 0.29) is 36.7 Å². The van der Waals surface area contributed by atoms with Gasteiger partial charge in [0.1, 0.15) is 24.8 Å². The summed E-state index contributed by atoms with van der Waals surface area (Å²) in [5.74, 6) is -0.797. The highest BCUT2D eigenvalue weighted by Crippen LogP contribution is 2.28. The Morgan fingerprint density at radius 2 is 1.77 bits per heavy atom. The third-order valence-electron chi connectivity index (χ3n) is 7.81. The highest BCUT2D eigenvalue weighted by atomic mass is 16.5. The Bertz CT molecular complexity index is 928. The first kappa shape index (κ1) is 25.6. The first-order valence-electron chi connectivity index (χ1n) is 12.8. The van der Waals surface area contributed by atoms with Crippen molar-refractivity contribution in [3.05, 3.63) is 29.8 Å². The topological polar surface area (TPSA) is 108 Å². The van der Waals surface area contributed by atoms with E-state index in [0.29, 0.717) is 18.0 Å². The Morgan fingerprint density at radius 3 is 2.37 bits per heavy atom. The summed E-state index contributed by atoms with van der Waals surface area (Å²) < 4.78 is 5.52. The van der Waals surface area contributed by atoms with Gasteiger partial charge in [0.05, 0.1) is 6.04 Å². The predicted octanol–water partition coefficient (Wildman–Crippen LogP) is 0.868. The lowest BCUT2D eigenvalue weighted by Crippen LogP contribution is -2.54. The first-order chi connectivity index (χ1) is 16.7. The predicted molar refractivity (Wildman–Crippen MR) is 134 cm³/mol. The monoisotopic (exact) mass is 485 g/mol. The van der Waals surface area contributed by atoms with Crippen LogP contribution in [0.1, 0.15) is 44.5 Å². The van der Waals surface area contributed by atoms with Crippen LogP contribution >= 0.6 is 0 Å². The van der Waals surface area contributed by atoms with E-state index in [1.54, 1.807) is 0 Å². The highest BCUT2D eigenvalue weighted by molar-refractivity contribution is 5.99. The number of ketones is 1. The number of hydrogen-bond acceptors (Lipinski definition) is 7. The molecule has 1 aromatic carbocycles. The van der Waals surface area contributed by atoms with Crippen LogP contribution in [0.5, 0.6) is 0 Å². The maximum Gasteiger partial charge on any atom is 0.251 e. The lowest BCUT2D eigenvalue weighted by molar-refractivity contribution is -0.139. The molecule has 3 N–H and O–H groups in total. The van der Waals surface area contributed by atoms with Gasteiger partial charge >= 0.3 is 0 Å². The molecule has 0 saturated carbocycles. The molecule has 2 amide bonds. The van der Waals surface area contributed by atoms with Gasteiger partial charge in [-0.3, -0.25) is 19.3 Å². The standard InChI is InChI=1S/C26H39N5O4/c1-5-17(4)22(26(34)31-14-20(27)24-23(31)21(32)15-35-24)28-25(33)18-6-8-19(9-7-18)30-12-10-29(11-13-30)16(2)3/h6-9,16-17,20,22-24H,5,10-15,27H2,1-4H3,(H,28,33)/t17-,20+,22-,23+,24+/m0/s1. The van der Waals surface area contributed by atoms with E-state index in [1.165, 1.54) is 4.90 Å². The molecule has 35 heavy (non-hydrogen) atoms. The van der Waals surface area contributed by atoms with Crippen molar-refractivity contribution in [2.75, 3.05) is 44.2 Å². The van der Waals surface area contributed by atoms with Crippen LogP contribution in [-0.4, -0.2) is 97.0 Å². The number of piperazine rings is 1. The molecule has 0 radical (unpaired) electrons. The smallest absolute Gasteiger partial charge is 0.251 e. The number of benzene rings is 1. The number of Topliss-reactive ketones (excluding diaryl/α,β-unsaturated/α-hetero) is 1. The van der Waals surface area contributed by atoms with Gasteiger partial charge in [-0.25, -0.2) is 0 Å².